The monoisotopic (exact) mass is 323 g/mol. The summed E-state index contributed by atoms with van der Waals surface area (Å²) in [6, 6.07) is 0. The normalized spacial score (nSPS) is 20.8. The van der Waals surface area contributed by atoms with Gasteiger partial charge in [-0.1, -0.05) is 32.6 Å². The second-order valence-corrected chi connectivity index (χ2v) is 7.14. The van der Waals surface area contributed by atoms with Crippen molar-refractivity contribution < 1.29 is 19.1 Å². The molecule has 1 atom stereocenters. The molecule has 2 fully saturated rings. The molecule has 0 aromatic carbocycles. The highest BCUT2D eigenvalue weighted by Crippen LogP contribution is 2.30. The average molecular weight is 323 g/mol. The zero-order valence-electron chi connectivity index (χ0n) is 14.6. The van der Waals surface area contributed by atoms with Gasteiger partial charge >= 0.3 is 11.9 Å². The summed E-state index contributed by atoms with van der Waals surface area (Å²) in [6.07, 6.45) is 11.1. The number of carbonyl (C=O) groups is 2. The predicted octanol–water partition coefficient (Wildman–Crippen LogP) is 4.56. The van der Waals surface area contributed by atoms with Gasteiger partial charge in [-0.25, -0.2) is 0 Å². The molecule has 131 valence electrons. The van der Waals surface area contributed by atoms with Gasteiger partial charge in [0.05, 0.1) is 0 Å². The summed E-state index contributed by atoms with van der Waals surface area (Å²) in [7, 11) is 0. The van der Waals surface area contributed by atoms with Crippen LogP contribution in [0.2, 0.25) is 0 Å². The quantitative estimate of drug-likeness (QED) is 0.614. The van der Waals surface area contributed by atoms with E-state index in [-0.39, 0.29) is 11.9 Å². The summed E-state index contributed by atoms with van der Waals surface area (Å²) in [5, 5.41) is 0. The molecule has 0 aromatic rings. The van der Waals surface area contributed by atoms with Crippen molar-refractivity contribution >= 4 is 11.9 Å². The fraction of sp³-hybridized carbons (Fsp3) is 0.842. The number of ether oxygens (including phenoxy) is 2. The summed E-state index contributed by atoms with van der Waals surface area (Å²) in [5.41, 5.74) is 0. The lowest BCUT2D eigenvalue weighted by Crippen LogP contribution is -2.27. The van der Waals surface area contributed by atoms with Gasteiger partial charge in [-0.15, -0.1) is 0 Å². The molecule has 2 rings (SSSR count). The number of esters is 2. The fourth-order valence-corrected chi connectivity index (χ4v) is 3.84. The van der Waals surface area contributed by atoms with Gasteiger partial charge in [0.1, 0.15) is 6.10 Å². The third kappa shape index (κ3) is 6.15. The number of hydrogen-bond donors (Lipinski definition) is 0. The molecule has 0 N–H and O–H groups in total. The van der Waals surface area contributed by atoms with E-state index in [2.05, 4.69) is 0 Å². The third-order valence-corrected chi connectivity index (χ3v) is 5.22. The maximum absolute atomic E-state index is 12.1. The van der Waals surface area contributed by atoms with Crippen LogP contribution in [0.3, 0.4) is 0 Å². The molecule has 0 spiro atoms. The summed E-state index contributed by atoms with van der Waals surface area (Å²) in [6.45, 7) is 3.73. The maximum Gasteiger partial charge on any atom is 0.306 e. The van der Waals surface area contributed by atoms with Crippen molar-refractivity contribution in [3.05, 3.63) is 6.10 Å². The minimum Gasteiger partial charge on any atom is -0.458 e. The number of rotatable bonds is 8. The first-order valence-corrected chi connectivity index (χ1v) is 9.34. The number of hydrogen-bond acceptors (Lipinski definition) is 4. The average Bonchev–Trinajstić information content (AvgIpc) is 3.18. The van der Waals surface area contributed by atoms with E-state index in [1.54, 1.807) is 6.92 Å². The van der Waals surface area contributed by atoms with Crippen LogP contribution in [0.1, 0.15) is 84.5 Å². The van der Waals surface area contributed by atoms with Gasteiger partial charge in [0.2, 0.25) is 0 Å². The van der Waals surface area contributed by atoms with Crippen LogP contribution < -0.4 is 0 Å². The van der Waals surface area contributed by atoms with E-state index >= 15 is 0 Å². The lowest BCUT2D eigenvalue weighted by atomic mass is 10.0. The van der Waals surface area contributed by atoms with E-state index in [0.29, 0.717) is 37.2 Å². The number of carbonyl (C=O) groups excluding carboxylic acids is 2. The van der Waals surface area contributed by atoms with Crippen molar-refractivity contribution in [1.82, 2.24) is 0 Å². The Bertz CT molecular complexity index is 381. The van der Waals surface area contributed by atoms with Crippen molar-refractivity contribution in [3.63, 3.8) is 0 Å². The van der Waals surface area contributed by atoms with Crippen molar-refractivity contribution in [2.75, 3.05) is 0 Å². The SMILES string of the molecule is CC[C](OC(=O)CC1CCCC1)C(C)OC(=O)CC1CCCC1. The molecule has 0 bridgehead atoms. The Morgan fingerprint density at radius 3 is 1.87 bits per heavy atom. The molecule has 4 nitrogen and oxygen atoms in total. The van der Waals surface area contributed by atoms with Crippen LogP contribution in [0.15, 0.2) is 0 Å². The Labute approximate surface area is 140 Å². The Hall–Kier alpha value is -1.06. The molecule has 2 aliphatic carbocycles. The molecule has 4 heteroatoms. The highest BCUT2D eigenvalue weighted by Gasteiger charge is 2.28. The summed E-state index contributed by atoms with van der Waals surface area (Å²) < 4.78 is 11.0. The van der Waals surface area contributed by atoms with Gasteiger partial charge in [-0.2, -0.15) is 0 Å². The molecular weight excluding hydrogens is 292 g/mol. The largest absolute Gasteiger partial charge is 0.458 e. The standard InChI is InChI=1S/C19H31O4/c1-3-17(23-19(21)13-16-10-6-7-11-16)14(2)22-18(20)12-15-8-4-5-9-15/h14-16H,3-13H2,1-2H3. The first-order chi connectivity index (χ1) is 11.1. The van der Waals surface area contributed by atoms with Crippen LogP contribution in [0.25, 0.3) is 0 Å². The minimum absolute atomic E-state index is 0.165. The van der Waals surface area contributed by atoms with Gasteiger partial charge in [0, 0.05) is 12.8 Å². The summed E-state index contributed by atoms with van der Waals surface area (Å²) in [5.74, 6) is 0.611. The Balaban J connectivity index is 1.71. The minimum atomic E-state index is -0.443. The van der Waals surface area contributed by atoms with Crippen LogP contribution in [-0.2, 0) is 19.1 Å². The molecule has 0 aromatic heterocycles. The molecule has 0 aliphatic heterocycles. The molecular formula is C19H31O4. The van der Waals surface area contributed by atoms with Gasteiger partial charge in [-0.3, -0.25) is 9.59 Å². The van der Waals surface area contributed by atoms with Crippen molar-refractivity contribution in [2.24, 2.45) is 11.8 Å². The molecule has 0 heterocycles. The zero-order chi connectivity index (χ0) is 16.7. The van der Waals surface area contributed by atoms with Gasteiger partial charge in [-0.05, 0) is 50.9 Å². The van der Waals surface area contributed by atoms with E-state index in [4.69, 9.17) is 9.47 Å². The van der Waals surface area contributed by atoms with E-state index in [0.717, 1.165) is 25.7 Å². The maximum atomic E-state index is 12.1. The van der Waals surface area contributed by atoms with Gasteiger partial charge in [0.15, 0.2) is 6.10 Å². The molecule has 0 amide bonds. The third-order valence-electron chi connectivity index (χ3n) is 5.22. The molecule has 2 saturated carbocycles. The molecule has 23 heavy (non-hydrogen) atoms. The van der Waals surface area contributed by atoms with Gasteiger partial charge < -0.3 is 9.47 Å². The molecule has 2 aliphatic rings. The van der Waals surface area contributed by atoms with E-state index in [1.807, 2.05) is 6.92 Å². The molecule has 1 unspecified atom stereocenters. The molecule has 1 radical (unpaired) electrons. The first kappa shape index (κ1) is 18.3. The van der Waals surface area contributed by atoms with Crippen molar-refractivity contribution in [3.8, 4) is 0 Å². The van der Waals surface area contributed by atoms with E-state index < -0.39 is 6.10 Å². The highest BCUT2D eigenvalue weighted by atomic mass is 16.6. The molecule has 0 saturated heterocycles. The summed E-state index contributed by atoms with van der Waals surface area (Å²) in [4.78, 5) is 24.1. The Morgan fingerprint density at radius 2 is 1.39 bits per heavy atom. The lowest BCUT2D eigenvalue weighted by molar-refractivity contribution is -0.158. The van der Waals surface area contributed by atoms with Crippen molar-refractivity contribution in [1.29, 1.82) is 0 Å². The second kappa shape index (κ2) is 9.29. The highest BCUT2D eigenvalue weighted by molar-refractivity contribution is 5.71. The first-order valence-electron chi connectivity index (χ1n) is 9.34. The fourth-order valence-electron chi connectivity index (χ4n) is 3.84. The smallest absolute Gasteiger partial charge is 0.306 e. The van der Waals surface area contributed by atoms with Gasteiger partial charge in [0.25, 0.3) is 0 Å². The Kier molecular flexibility index (Phi) is 7.38. The van der Waals surface area contributed by atoms with Crippen molar-refractivity contribution in [2.45, 2.75) is 90.6 Å². The zero-order valence-corrected chi connectivity index (χ0v) is 14.6. The van der Waals surface area contributed by atoms with Crippen LogP contribution in [-0.4, -0.2) is 18.0 Å². The van der Waals surface area contributed by atoms with E-state index in [9.17, 15) is 9.59 Å². The summed E-state index contributed by atoms with van der Waals surface area (Å²) >= 11 is 0. The lowest BCUT2D eigenvalue weighted by Gasteiger charge is -2.23. The van der Waals surface area contributed by atoms with Crippen LogP contribution in [0.5, 0.6) is 0 Å². The Morgan fingerprint density at radius 1 is 0.913 bits per heavy atom. The topological polar surface area (TPSA) is 52.6 Å². The second-order valence-electron chi connectivity index (χ2n) is 7.14. The van der Waals surface area contributed by atoms with Crippen LogP contribution in [0.4, 0.5) is 0 Å². The van der Waals surface area contributed by atoms with Crippen LogP contribution >= 0.6 is 0 Å². The van der Waals surface area contributed by atoms with Crippen LogP contribution in [0, 0.1) is 17.9 Å². The van der Waals surface area contributed by atoms with E-state index in [1.165, 1.54) is 25.7 Å². The predicted molar refractivity (Wildman–Crippen MR) is 88.3 cm³/mol.